The van der Waals surface area contributed by atoms with Crippen molar-refractivity contribution < 1.29 is 27.5 Å². The van der Waals surface area contributed by atoms with Crippen LogP contribution >= 0.6 is 0 Å². The predicted octanol–water partition coefficient (Wildman–Crippen LogP) is 1.66. The summed E-state index contributed by atoms with van der Waals surface area (Å²) in [6, 6.07) is 8.08. The molecule has 0 aliphatic rings. The maximum atomic E-state index is 11.8. The number of nitrogens with one attached hydrogen (secondary N) is 1. The Kier molecular flexibility index (Phi) is 4.70. The Morgan fingerprint density at radius 3 is 2.33 bits per heavy atom. The molecule has 1 rings (SSSR count). The van der Waals surface area contributed by atoms with Crippen molar-refractivity contribution in [2.45, 2.75) is 12.6 Å². The van der Waals surface area contributed by atoms with E-state index in [0.717, 1.165) is 0 Å². The summed E-state index contributed by atoms with van der Waals surface area (Å²) in [5, 5.41) is 1.57. The molecule has 0 aliphatic carbocycles. The van der Waals surface area contributed by atoms with Gasteiger partial charge in [-0.25, -0.2) is 0 Å². The zero-order valence-corrected chi connectivity index (χ0v) is 9.16. The third kappa shape index (κ3) is 4.86. The molecule has 0 heterocycles. The number of amides is 1. The molecule has 0 radical (unpaired) electrons. The Labute approximate surface area is 101 Å². The zero-order chi connectivity index (χ0) is 13.6. The van der Waals surface area contributed by atoms with Crippen LogP contribution in [0.25, 0.3) is 0 Å². The number of hydrogen-bond donors (Lipinski definition) is 1. The minimum absolute atomic E-state index is 0.296. The summed E-state index contributed by atoms with van der Waals surface area (Å²) in [6.07, 6.45) is -5.28. The molecule has 0 unspecified atom stereocenters. The molecule has 0 atom stereocenters. The van der Waals surface area contributed by atoms with Gasteiger partial charge in [0.15, 0.2) is 0 Å². The van der Waals surface area contributed by atoms with Crippen LogP contribution in [-0.2, 0) is 9.59 Å². The topological polar surface area (TPSA) is 55.4 Å². The van der Waals surface area contributed by atoms with Crippen molar-refractivity contribution in [3.8, 4) is 5.75 Å². The Bertz CT molecular complexity index is 417. The number of carbonyl (C=O) groups is 2. The first-order valence-electron chi connectivity index (χ1n) is 5.00. The van der Waals surface area contributed by atoms with Gasteiger partial charge in [-0.1, -0.05) is 18.2 Å². The smallest absolute Gasteiger partial charge is 0.426 e. The van der Waals surface area contributed by atoms with Crippen molar-refractivity contribution in [1.29, 1.82) is 0 Å². The first-order chi connectivity index (χ1) is 8.39. The first-order valence-corrected chi connectivity index (χ1v) is 5.00. The van der Waals surface area contributed by atoms with Crippen LogP contribution in [0.15, 0.2) is 30.3 Å². The van der Waals surface area contributed by atoms with Crippen molar-refractivity contribution in [2.75, 3.05) is 6.54 Å². The Hall–Kier alpha value is -2.05. The molecule has 0 aromatic heterocycles. The van der Waals surface area contributed by atoms with Gasteiger partial charge >= 0.3 is 18.1 Å². The SMILES string of the molecule is O=C(CCNC(=O)C(F)(F)F)Oc1ccccc1. The lowest BCUT2D eigenvalue weighted by Gasteiger charge is -2.07. The van der Waals surface area contributed by atoms with Crippen LogP contribution in [0, 0.1) is 0 Å². The molecule has 0 bridgehead atoms. The van der Waals surface area contributed by atoms with Gasteiger partial charge in [-0.2, -0.15) is 13.2 Å². The summed E-state index contributed by atoms with van der Waals surface area (Å²) in [5.41, 5.74) is 0. The van der Waals surface area contributed by atoms with Crippen LogP contribution in [0.2, 0.25) is 0 Å². The number of benzene rings is 1. The van der Waals surface area contributed by atoms with Gasteiger partial charge in [0.1, 0.15) is 5.75 Å². The van der Waals surface area contributed by atoms with Crippen LogP contribution in [0.4, 0.5) is 13.2 Å². The molecule has 0 spiro atoms. The Morgan fingerprint density at radius 1 is 1.17 bits per heavy atom. The summed E-state index contributed by atoms with van der Waals surface area (Å²) >= 11 is 0. The van der Waals surface area contributed by atoms with E-state index >= 15 is 0 Å². The van der Waals surface area contributed by atoms with Gasteiger partial charge in [-0.15, -0.1) is 0 Å². The minimum atomic E-state index is -4.94. The maximum Gasteiger partial charge on any atom is 0.471 e. The maximum absolute atomic E-state index is 11.8. The summed E-state index contributed by atoms with van der Waals surface area (Å²) in [6.45, 7) is -0.427. The third-order valence-corrected chi connectivity index (χ3v) is 1.85. The van der Waals surface area contributed by atoms with E-state index in [4.69, 9.17) is 4.74 Å². The van der Waals surface area contributed by atoms with Gasteiger partial charge in [-0.05, 0) is 12.1 Å². The average molecular weight is 261 g/mol. The fourth-order valence-corrected chi connectivity index (χ4v) is 1.05. The number of hydrogen-bond acceptors (Lipinski definition) is 3. The number of carbonyl (C=O) groups excluding carboxylic acids is 2. The fraction of sp³-hybridized carbons (Fsp3) is 0.273. The molecule has 98 valence electrons. The van der Waals surface area contributed by atoms with Crippen molar-refractivity contribution in [1.82, 2.24) is 5.32 Å². The summed E-state index contributed by atoms with van der Waals surface area (Å²) < 4.78 is 40.2. The highest BCUT2D eigenvalue weighted by molar-refractivity contribution is 5.82. The van der Waals surface area contributed by atoms with Crippen molar-refractivity contribution in [2.24, 2.45) is 0 Å². The number of ether oxygens (including phenoxy) is 1. The van der Waals surface area contributed by atoms with Gasteiger partial charge in [0.2, 0.25) is 0 Å². The summed E-state index contributed by atoms with van der Waals surface area (Å²) in [4.78, 5) is 21.6. The van der Waals surface area contributed by atoms with Gasteiger partial charge < -0.3 is 10.1 Å². The third-order valence-electron chi connectivity index (χ3n) is 1.85. The van der Waals surface area contributed by atoms with Gasteiger partial charge in [-0.3, -0.25) is 9.59 Å². The molecule has 4 nitrogen and oxygen atoms in total. The average Bonchev–Trinajstić information content (AvgIpc) is 2.28. The number of para-hydroxylation sites is 1. The first kappa shape index (κ1) is 14.0. The highest BCUT2D eigenvalue weighted by Crippen LogP contribution is 2.14. The molecular weight excluding hydrogens is 251 g/mol. The highest BCUT2D eigenvalue weighted by atomic mass is 19.4. The number of halogens is 3. The van der Waals surface area contributed by atoms with Gasteiger partial charge in [0, 0.05) is 6.54 Å². The van der Waals surface area contributed by atoms with Crippen LogP contribution in [0.5, 0.6) is 5.75 Å². The molecule has 0 fully saturated rings. The second kappa shape index (κ2) is 6.04. The molecule has 1 aromatic carbocycles. The van der Waals surface area contributed by atoms with Crippen LogP contribution in [0.1, 0.15) is 6.42 Å². The van der Waals surface area contributed by atoms with Crippen LogP contribution < -0.4 is 10.1 Å². The largest absolute Gasteiger partial charge is 0.471 e. The summed E-state index contributed by atoms with van der Waals surface area (Å²) in [7, 11) is 0. The van der Waals surface area contributed by atoms with Crippen LogP contribution in [-0.4, -0.2) is 24.6 Å². The zero-order valence-electron chi connectivity index (χ0n) is 9.16. The number of esters is 1. The molecule has 7 heteroatoms. The lowest BCUT2D eigenvalue weighted by molar-refractivity contribution is -0.173. The number of alkyl halides is 3. The Balaban J connectivity index is 2.28. The summed E-state index contributed by atoms with van der Waals surface area (Å²) in [5.74, 6) is -2.50. The lowest BCUT2D eigenvalue weighted by atomic mass is 10.3. The molecular formula is C11H10F3NO3. The van der Waals surface area contributed by atoms with Gasteiger partial charge in [0.05, 0.1) is 6.42 Å². The van der Waals surface area contributed by atoms with Crippen molar-refractivity contribution >= 4 is 11.9 Å². The van der Waals surface area contributed by atoms with E-state index in [2.05, 4.69) is 0 Å². The standard InChI is InChI=1S/C11H10F3NO3/c12-11(13,14)10(17)15-7-6-9(16)18-8-4-2-1-3-5-8/h1-5H,6-7H2,(H,15,17). The number of rotatable bonds is 4. The Morgan fingerprint density at radius 2 is 1.78 bits per heavy atom. The van der Waals surface area contributed by atoms with E-state index in [-0.39, 0.29) is 6.42 Å². The monoisotopic (exact) mass is 261 g/mol. The fourth-order valence-electron chi connectivity index (χ4n) is 1.05. The molecule has 0 saturated carbocycles. The van der Waals surface area contributed by atoms with E-state index in [1.54, 1.807) is 23.5 Å². The molecule has 1 aromatic rings. The lowest BCUT2D eigenvalue weighted by Crippen LogP contribution is -2.38. The van der Waals surface area contributed by atoms with E-state index < -0.39 is 24.6 Å². The quantitative estimate of drug-likeness (QED) is 0.662. The van der Waals surface area contributed by atoms with E-state index in [0.29, 0.717) is 5.75 Å². The second-order valence-corrected chi connectivity index (χ2v) is 3.29. The molecule has 0 aliphatic heterocycles. The van der Waals surface area contributed by atoms with Crippen molar-refractivity contribution in [3.05, 3.63) is 30.3 Å². The molecule has 18 heavy (non-hydrogen) atoms. The highest BCUT2D eigenvalue weighted by Gasteiger charge is 2.38. The minimum Gasteiger partial charge on any atom is -0.426 e. The van der Waals surface area contributed by atoms with Crippen LogP contribution in [0.3, 0.4) is 0 Å². The van der Waals surface area contributed by atoms with E-state index in [9.17, 15) is 22.8 Å². The predicted molar refractivity (Wildman–Crippen MR) is 55.8 cm³/mol. The normalized spacial score (nSPS) is 10.8. The second-order valence-electron chi connectivity index (χ2n) is 3.29. The van der Waals surface area contributed by atoms with E-state index in [1.807, 2.05) is 0 Å². The van der Waals surface area contributed by atoms with Gasteiger partial charge in [0.25, 0.3) is 0 Å². The van der Waals surface area contributed by atoms with Crippen molar-refractivity contribution in [3.63, 3.8) is 0 Å². The molecule has 0 saturated heterocycles. The molecule has 1 N–H and O–H groups in total. The molecule has 1 amide bonds. The van der Waals surface area contributed by atoms with E-state index in [1.165, 1.54) is 12.1 Å².